The summed E-state index contributed by atoms with van der Waals surface area (Å²) in [5.41, 5.74) is 1.21. The maximum absolute atomic E-state index is 4.52. The van der Waals surface area contributed by atoms with E-state index in [2.05, 4.69) is 29.3 Å². The van der Waals surface area contributed by atoms with Crippen LogP contribution >= 0.6 is 0 Å². The fourth-order valence-corrected chi connectivity index (χ4v) is 1.57. The molecule has 0 saturated heterocycles. The van der Waals surface area contributed by atoms with Crippen LogP contribution < -0.4 is 0 Å². The van der Waals surface area contributed by atoms with Gasteiger partial charge in [-0.1, -0.05) is 42.5 Å². The lowest BCUT2D eigenvalue weighted by molar-refractivity contribution is 0.481. The van der Waals surface area contributed by atoms with Crippen LogP contribution in [0.1, 0.15) is 5.56 Å². The molecule has 0 aliphatic heterocycles. The number of hydrogen-bond donors (Lipinski definition) is 0. The van der Waals surface area contributed by atoms with Crippen LogP contribution in [0.2, 0.25) is 0 Å². The maximum atomic E-state index is 4.52. The normalized spacial score (nSPS) is 10.4. The Morgan fingerprint density at radius 1 is 1.06 bits per heavy atom. The van der Waals surface area contributed by atoms with E-state index >= 15 is 0 Å². The Labute approximate surface area is 104 Å². The third-order valence-corrected chi connectivity index (χ3v) is 2.25. The van der Waals surface area contributed by atoms with Crippen molar-refractivity contribution in [2.45, 2.75) is 0 Å². The van der Waals surface area contributed by atoms with Crippen LogP contribution in [0, 0.1) is 0 Å². The molecule has 0 spiro atoms. The molecule has 0 aromatic heterocycles. The predicted octanol–water partition coefficient (Wildman–Crippen LogP) is 2.18. The van der Waals surface area contributed by atoms with E-state index in [0.717, 1.165) is 5.96 Å². The Morgan fingerprint density at radius 3 is 2.18 bits per heavy atom. The maximum Gasteiger partial charge on any atom is 0.195 e. The van der Waals surface area contributed by atoms with Gasteiger partial charge in [-0.15, -0.1) is 0 Å². The first-order chi connectivity index (χ1) is 8.11. The highest BCUT2D eigenvalue weighted by molar-refractivity contribution is 5.79. The van der Waals surface area contributed by atoms with Crippen LogP contribution in [0.5, 0.6) is 0 Å². The van der Waals surface area contributed by atoms with Crippen molar-refractivity contribution in [1.82, 2.24) is 9.80 Å². The molecule has 0 radical (unpaired) electrons. The van der Waals surface area contributed by atoms with E-state index in [1.165, 1.54) is 5.56 Å². The third-order valence-electron chi connectivity index (χ3n) is 2.25. The van der Waals surface area contributed by atoms with E-state index in [-0.39, 0.29) is 0 Å². The molecule has 3 heteroatoms. The summed E-state index contributed by atoms with van der Waals surface area (Å²) >= 11 is 0. The van der Waals surface area contributed by atoms with E-state index in [1.807, 2.05) is 56.2 Å². The summed E-state index contributed by atoms with van der Waals surface area (Å²) in [6.07, 6.45) is 4.16. The molecule has 0 fully saturated rings. The minimum atomic E-state index is 0.695. The van der Waals surface area contributed by atoms with Crippen molar-refractivity contribution in [3.05, 3.63) is 42.0 Å². The van der Waals surface area contributed by atoms with Gasteiger partial charge in [0.05, 0.1) is 6.54 Å². The zero-order valence-electron chi connectivity index (χ0n) is 11.1. The second kappa shape index (κ2) is 6.74. The highest BCUT2D eigenvalue weighted by Gasteiger charge is 2.01. The highest BCUT2D eigenvalue weighted by atomic mass is 15.3. The monoisotopic (exact) mass is 231 g/mol. The lowest BCUT2D eigenvalue weighted by Crippen LogP contribution is -2.35. The van der Waals surface area contributed by atoms with Gasteiger partial charge in [0, 0.05) is 28.2 Å². The second-order valence-corrected chi connectivity index (χ2v) is 4.24. The fraction of sp³-hybridized carbons (Fsp3) is 0.357. The number of nitrogens with zero attached hydrogens (tertiary/aromatic N) is 3. The molecule has 0 bridgehead atoms. The minimum absolute atomic E-state index is 0.695. The summed E-state index contributed by atoms with van der Waals surface area (Å²) in [6, 6.07) is 10.3. The Morgan fingerprint density at radius 2 is 1.65 bits per heavy atom. The van der Waals surface area contributed by atoms with E-state index in [1.54, 1.807) is 0 Å². The number of guanidine groups is 1. The molecule has 0 atom stereocenters. The molecule has 0 amide bonds. The smallest absolute Gasteiger partial charge is 0.195 e. The second-order valence-electron chi connectivity index (χ2n) is 4.24. The minimum Gasteiger partial charge on any atom is -0.349 e. The molecule has 17 heavy (non-hydrogen) atoms. The molecular formula is C14H21N3. The Bertz CT molecular complexity index is 368. The lowest BCUT2D eigenvalue weighted by Gasteiger charge is -2.22. The van der Waals surface area contributed by atoms with E-state index in [0.29, 0.717) is 6.54 Å². The largest absolute Gasteiger partial charge is 0.349 e. The first-order valence-corrected chi connectivity index (χ1v) is 5.72. The summed E-state index contributed by atoms with van der Waals surface area (Å²) < 4.78 is 0. The molecule has 0 unspecified atom stereocenters. The Kier molecular flexibility index (Phi) is 5.27. The predicted molar refractivity (Wildman–Crippen MR) is 75.2 cm³/mol. The Hall–Kier alpha value is -1.77. The van der Waals surface area contributed by atoms with Crippen molar-refractivity contribution < 1.29 is 0 Å². The number of hydrogen-bond acceptors (Lipinski definition) is 1. The van der Waals surface area contributed by atoms with Gasteiger partial charge in [0.15, 0.2) is 5.96 Å². The summed E-state index contributed by atoms with van der Waals surface area (Å²) in [5.74, 6) is 0.975. The van der Waals surface area contributed by atoms with Gasteiger partial charge in [-0.05, 0) is 5.56 Å². The summed E-state index contributed by atoms with van der Waals surface area (Å²) in [4.78, 5) is 8.54. The van der Waals surface area contributed by atoms with Crippen LogP contribution in [0.3, 0.4) is 0 Å². The first-order valence-electron chi connectivity index (χ1n) is 5.72. The van der Waals surface area contributed by atoms with Crippen molar-refractivity contribution in [2.75, 3.05) is 34.7 Å². The topological polar surface area (TPSA) is 18.8 Å². The van der Waals surface area contributed by atoms with Crippen LogP contribution in [-0.4, -0.2) is 50.5 Å². The average molecular weight is 231 g/mol. The third kappa shape index (κ3) is 4.72. The molecule has 1 aromatic carbocycles. The van der Waals surface area contributed by atoms with E-state index in [9.17, 15) is 0 Å². The molecule has 3 nitrogen and oxygen atoms in total. The quantitative estimate of drug-likeness (QED) is 0.586. The van der Waals surface area contributed by atoms with Crippen molar-refractivity contribution in [2.24, 2.45) is 4.99 Å². The van der Waals surface area contributed by atoms with E-state index in [4.69, 9.17) is 0 Å². The Balaban J connectivity index is 2.56. The summed E-state index contributed by atoms with van der Waals surface area (Å²) in [6.45, 7) is 0.695. The van der Waals surface area contributed by atoms with Crippen LogP contribution in [0.15, 0.2) is 41.4 Å². The molecule has 0 N–H and O–H groups in total. The van der Waals surface area contributed by atoms with Gasteiger partial charge in [0.1, 0.15) is 0 Å². The van der Waals surface area contributed by atoms with E-state index < -0.39 is 0 Å². The lowest BCUT2D eigenvalue weighted by atomic mass is 10.2. The first kappa shape index (κ1) is 13.3. The standard InChI is InChI=1S/C14H21N3/c1-16(2)14(17(3)4)15-12-8-11-13-9-6-5-7-10-13/h5-11H,12H2,1-4H3. The highest BCUT2D eigenvalue weighted by Crippen LogP contribution is 2.00. The molecule has 0 aliphatic carbocycles. The van der Waals surface area contributed by atoms with Crippen molar-refractivity contribution in [3.8, 4) is 0 Å². The molecule has 0 aliphatic rings. The fourth-order valence-electron chi connectivity index (χ4n) is 1.57. The molecule has 1 rings (SSSR count). The van der Waals surface area contributed by atoms with Gasteiger partial charge < -0.3 is 9.80 Å². The van der Waals surface area contributed by atoms with Crippen molar-refractivity contribution in [1.29, 1.82) is 0 Å². The number of benzene rings is 1. The van der Waals surface area contributed by atoms with Crippen LogP contribution in [0.25, 0.3) is 6.08 Å². The zero-order chi connectivity index (χ0) is 12.7. The van der Waals surface area contributed by atoms with Crippen molar-refractivity contribution >= 4 is 12.0 Å². The summed E-state index contributed by atoms with van der Waals surface area (Å²) in [7, 11) is 8.00. The van der Waals surface area contributed by atoms with Crippen LogP contribution in [-0.2, 0) is 0 Å². The molecular weight excluding hydrogens is 210 g/mol. The summed E-state index contributed by atoms with van der Waals surface area (Å²) in [5, 5.41) is 0. The average Bonchev–Trinajstić information content (AvgIpc) is 2.29. The number of aliphatic imine (C=N–C) groups is 1. The van der Waals surface area contributed by atoms with Crippen LogP contribution in [0.4, 0.5) is 0 Å². The van der Waals surface area contributed by atoms with Gasteiger partial charge >= 0.3 is 0 Å². The van der Waals surface area contributed by atoms with Gasteiger partial charge in [0.25, 0.3) is 0 Å². The van der Waals surface area contributed by atoms with Gasteiger partial charge in [-0.25, -0.2) is 4.99 Å². The molecule has 1 aromatic rings. The SMILES string of the molecule is CN(C)C(=NCC=Cc1ccccc1)N(C)C. The van der Waals surface area contributed by atoms with Gasteiger partial charge in [0.2, 0.25) is 0 Å². The molecule has 0 saturated carbocycles. The zero-order valence-corrected chi connectivity index (χ0v) is 11.1. The van der Waals surface area contributed by atoms with Gasteiger partial charge in [-0.3, -0.25) is 0 Å². The van der Waals surface area contributed by atoms with Crippen molar-refractivity contribution in [3.63, 3.8) is 0 Å². The molecule has 0 heterocycles. The van der Waals surface area contributed by atoms with Gasteiger partial charge in [-0.2, -0.15) is 0 Å². The molecule has 92 valence electrons. The number of rotatable bonds is 3.